The van der Waals surface area contributed by atoms with E-state index in [9.17, 15) is 0 Å². The quantitative estimate of drug-likeness (QED) is 0.171. The molecule has 0 spiro atoms. The number of aromatic nitrogens is 3. The molecule has 0 aliphatic carbocycles. The number of benzene rings is 8. The molecule has 11 rings (SSSR count). The summed E-state index contributed by atoms with van der Waals surface area (Å²) in [6.45, 7) is 0. The Hall–Kier alpha value is -7.21. The third kappa shape index (κ3) is 5.65. The molecule has 8 aromatic carbocycles. The monoisotopic (exact) mass is 733 g/mol. The van der Waals surface area contributed by atoms with Gasteiger partial charge >= 0.3 is 0 Å². The first-order valence-corrected chi connectivity index (χ1v) is 19.5. The second kappa shape index (κ2) is 13.3. The second-order valence-corrected chi connectivity index (χ2v) is 15.1. The Balaban J connectivity index is 1.04. The lowest BCUT2D eigenvalue weighted by atomic mass is 10.0. The van der Waals surface area contributed by atoms with Gasteiger partial charge in [-0.1, -0.05) is 146 Å². The summed E-state index contributed by atoms with van der Waals surface area (Å²) in [5, 5.41) is 4.71. The molecular formula is C51H31N3OS. The molecule has 0 aliphatic rings. The van der Waals surface area contributed by atoms with Gasteiger partial charge in [0.25, 0.3) is 0 Å². The smallest absolute Gasteiger partial charge is 0.164 e. The minimum Gasteiger partial charge on any atom is -0.456 e. The van der Waals surface area contributed by atoms with Crippen LogP contribution in [-0.2, 0) is 0 Å². The summed E-state index contributed by atoms with van der Waals surface area (Å²) in [5.74, 6) is 1.80. The average Bonchev–Trinajstić information content (AvgIpc) is 3.85. The number of nitrogens with zero attached hydrogens (tertiary/aromatic N) is 3. The van der Waals surface area contributed by atoms with Crippen LogP contribution in [0.1, 0.15) is 0 Å². The van der Waals surface area contributed by atoms with Crippen LogP contribution in [0, 0.1) is 0 Å². The highest BCUT2D eigenvalue weighted by atomic mass is 32.1. The van der Waals surface area contributed by atoms with Crippen molar-refractivity contribution in [3.8, 4) is 67.5 Å². The third-order valence-electron chi connectivity index (χ3n) is 10.5. The van der Waals surface area contributed by atoms with E-state index in [1.807, 2.05) is 23.5 Å². The third-order valence-corrected chi connectivity index (χ3v) is 11.8. The Morgan fingerprint density at radius 1 is 0.321 bits per heavy atom. The maximum absolute atomic E-state index is 6.64. The van der Waals surface area contributed by atoms with Crippen LogP contribution in [-0.4, -0.2) is 15.0 Å². The van der Waals surface area contributed by atoms with E-state index in [2.05, 4.69) is 176 Å². The van der Waals surface area contributed by atoms with E-state index in [0.717, 1.165) is 66.4 Å². The van der Waals surface area contributed by atoms with Gasteiger partial charge in [0.1, 0.15) is 11.2 Å². The SMILES string of the molecule is c1ccc(-c2cccc(-c3nc(-c4cccc(-c5ccccc5)c4)nc(-c4ccc5c(c4)oc4cc(-c6cccc7c6sc6ccccc67)ccc45)n3)c2)cc1. The van der Waals surface area contributed by atoms with Crippen LogP contribution in [0.5, 0.6) is 0 Å². The maximum Gasteiger partial charge on any atom is 0.164 e. The van der Waals surface area contributed by atoms with Gasteiger partial charge in [-0.3, -0.25) is 0 Å². The molecule has 0 radical (unpaired) electrons. The van der Waals surface area contributed by atoms with Crippen LogP contribution < -0.4 is 0 Å². The lowest BCUT2D eigenvalue weighted by molar-refractivity contribution is 0.669. The molecule has 3 heterocycles. The van der Waals surface area contributed by atoms with Crippen molar-refractivity contribution in [2.24, 2.45) is 0 Å². The van der Waals surface area contributed by atoms with Crippen molar-refractivity contribution in [2.45, 2.75) is 0 Å². The van der Waals surface area contributed by atoms with Crippen LogP contribution >= 0.6 is 11.3 Å². The summed E-state index contributed by atoms with van der Waals surface area (Å²) in [6, 6.07) is 65.6. The zero-order valence-corrected chi connectivity index (χ0v) is 30.9. The summed E-state index contributed by atoms with van der Waals surface area (Å²) in [7, 11) is 0. The van der Waals surface area contributed by atoms with E-state index < -0.39 is 0 Å². The number of fused-ring (bicyclic) bond motifs is 6. The summed E-state index contributed by atoms with van der Waals surface area (Å²) < 4.78 is 9.22. The fourth-order valence-electron chi connectivity index (χ4n) is 7.76. The van der Waals surface area contributed by atoms with Crippen molar-refractivity contribution in [1.82, 2.24) is 15.0 Å². The Labute approximate surface area is 327 Å². The first kappa shape index (κ1) is 32.2. The highest BCUT2D eigenvalue weighted by molar-refractivity contribution is 7.26. The number of thiophene rings is 1. The Morgan fingerprint density at radius 2 is 0.786 bits per heavy atom. The molecule has 5 heteroatoms. The fourth-order valence-corrected chi connectivity index (χ4v) is 9.00. The molecule has 0 amide bonds. The molecular weight excluding hydrogens is 703 g/mol. The lowest BCUT2D eigenvalue weighted by Gasteiger charge is -2.10. The van der Waals surface area contributed by atoms with Gasteiger partial charge in [-0.05, 0) is 75.8 Å². The Kier molecular flexibility index (Phi) is 7.64. The standard InChI is InChI=1S/C51H31N3OS/c1-3-12-32(13-4-1)34-16-9-18-37(28-34)49-52-50(38-19-10-17-35(29-38)33-14-5-2-6-15-33)54-51(53-49)39-25-27-42-41-26-24-36(30-45(41)55-46(42)31-39)40-21-11-22-44-43-20-7-8-23-47(43)56-48(40)44/h1-31H. The first-order chi connectivity index (χ1) is 27.7. The maximum atomic E-state index is 6.64. The van der Waals surface area contributed by atoms with Gasteiger partial charge in [0.05, 0.1) is 0 Å². The van der Waals surface area contributed by atoms with Crippen molar-refractivity contribution in [3.63, 3.8) is 0 Å². The van der Waals surface area contributed by atoms with E-state index in [1.54, 1.807) is 0 Å². The van der Waals surface area contributed by atoms with Crippen molar-refractivity contribution in [3.05, 3.63) is 188 Å². The summed E-state index contributed by atoms with van der Waals surface area (Å²) in [4.78, 5) is 15.3. The van der Waals surface area contributed by atoms with E-state index in [4.69, 9.17) is 19.4 Å². The van der Waals surface area contributed by atoms with Gasteiger partial charge in [0.2, 0.25) is 0 Å². The van der Waals surface area contributed by atoms with Crippen LogP contribution in [0.3, 0.4) is 0 Å². The molecule has 4 nitrogen and oxygen atoms in total. The molecule has 3 aromatic heterocycles. The second-order valence-electron chi connectivity index (χ2n) is 14.0. The predicted molar refractivity (Wildman–Crippen MR) is 233 cm³/mol. The summed E-state index contributed by atoms with van der Waals surface area (Å²) in [6.07, 6.45) is 0. The molecule has 0 aliphatic heterocycles. The van der Waals surface area contributed by atoms with E-state index in [1.165, 1.54) is 25.7 Å². The van der Waals surface area contributed by atoms with Crippen molar-refractivity contribution in [1.29, 1.82) is 0 Å². The molecule has 0 saturated heterocycles. The minimum absolute atomic E-state index is 0.583. The fraction of sp³-hybridized carbons (Fsp3) is 0. The van der Waals surface area contributed by atoms with Crippen LogP contribution in [0.15, 0.2) is 192 Å². The van der Waals surface area contributed by atoms with Crippen molar-refractivity contribution in [2.75, 3.05) is 0 Å². The van der Waals surface area contributed by atoms with Gasteiger partial charge in [-0.2, -0.15) is 0 Å². The first-order valence-electron chi connectivity index (χ1n) is 18.7. The highest BCUT2D eigenvalue weighted by Crippen LogP contribution is 2.42. The van der Waals surface area contributed by atoms with Gasteiger partial charge in [0.15, 0.2) is 17.5 Å². The number of hydrogen-bond acceptors (Lipinski definition) is 5. The average molecular weight is 734 g/mol. The minimum atomic E-state index is 0.583. The lowest BCUT2D eigenvalue weighted by Crippen LogP contribution is -2.00. The number of furan rings is 1. The summed E-state index contributed by atoms with van der Waals surface area (Å²) in [5.41, 5.74) is 11.2. The molecule has 0 unspecified atom stereocenters. The van der Waals surface area contributed by atoms with Crippen molar-refractivity contribution < 1.29 is 4.42 Å². The number of hydrogen-bond donors (Lipinski definition) is 0. The Morgan fingerprint density at radius 3 is 1.41 bits per heavy atom. The largest absolute Gasteiger partial charge is 0.456 e. The van der Waals surface area contributed by atoms with E-state index >= 15 is 0 Å². The van der Waals surface area contributed by atoms with Gasteiger partial charge in [-0.25, -0.2) is 15.0 Å². The molecule has 262 valence electrons. The highest BCUT2D eigenvalue weighted by Gasteiger charge is 2.17. The zero-order chi connectivity index (χ0) is 37.0. The molecule has 0 bridgehead atoms. The van der Waals surface area contributed by atoms with Gasteiger partial charge in [0, 0.05) is 47.6 Å². The van der Waals surface area contributed by atoms with E-state index in [-0.39, 0.29) is 0 Å². The Bertz CT molecular complexity index is 3160. The normalized spacial score (nSPS) is 11.6. The van der Waals surface area contributed by atoms with Crippen LogP contribution in [0.4, 0.5) is 0 Å². The molecule has 0 atom stereocenters. The zero-order valence-electron chi connectivity index (χ0n) is 30.1. The summed E-state index contributed by atoms with van der Waals surface area (Å²) >= 11 is 1.84. The van der Waals surface area contributed by atoms with Crippen LogP contribution in [0.2, 0.25) is 0 Å². The number of rotatable bonds is 6. The van der Waals surface area contributed by atoms with Gasteiger partial charge in [-0.15, -0.1) is 11.3 Å². The van der Waals surface area contributed by atoms with Gasteiger partial charge < -0.3 is 4.42 Å². The topological polar surface area (TPSA) is 51.8 Å². The predicted octanol–water partition coefficient (Wildman–Crippen LogP) is 14.1. The molecule has 56 heavy (non-hydrogen) atoms. The molecule has 0 saturated carbocycles. The van der Waals surface area contributed by atoms with Crippen molar-refractivity contribution >= 4 is 53.4 Å². The molecule has 0 fully saturated rings. The van der Waals surface area contributed by atoms with E-state index in [0.29, 0.717) is 17.5 Å². The van der Waals surface area contributed by atoms with Crippen LogP contribution in [0.25, 0.3) is 110 Å². The molecule has 0 N–H and O–H groups in total. The molecule has 11 aromatic rings.